The zero-order valence-corrected chi connectivity index (χ0v) is 12.9. The first-order chi connectivity index (χ1) is 8.38. The molecule has 0 spiro atoms. The molecule has 2 rings (SSSR count). The summed E-state index contributed by atoms with van der Waals surface area (Å²) in [7, 11) is -3.57. The van der Waals surface area contributed by atoms with Crippen molar-refractivity contribution >= 4 is 43.0 Å². The predicted octanol–water partition coefficient (Wildman–Crippen LogP) is 2.72. The number of aromatic nitrogens is 2. The van der Waals surface area contributed by atoms with Crippen molar-refractivity contribution < 1.29 is 8.42 Å². The maximum Gasteiger partial charge on any atom is 0.273 e. The molecule has 0 amide bonds. The number of nitrogens with zero attached hydrogens (tertiary/aromatic N) is 2. The standard InChI is InChI=1S/C10H10BrN3O2S2/c1-6-3-8(4-13-10(6)11)14-18(15,16)9-5-12-7(2)17-9/h3-5,14H,1-2H3. The number of thiazole rings is 1. The minimum absolute atomic E-state index is 0.195. The van der Waals surface area contributed by atoms with E-state index in [4.69, 9.17) is 0 Å². The number of rotatable bonds is 3. The van der Waals surface area contributed by atoms with Gasteiger partial charge in [0.2, 0.25) is 0 Å². The molecular weight excluding hydrogens is 338 g/mol. The molecule has 0 bridgehead atoms. The number of aryl methyl sites for hydroxylation is 2. The molecule has 0 saturated heterocycles. The fraction of sp³-hybridized carbons (Fsp3) is 0.200. The van der Waals surface area contributed by atoms with E-state index < -0.39 is 10.0 Å². The molecule has 2 aromatic rings. The molecule has 0 atom stereocenters. The Labute approximate surface area is 117 Å². The highest BCUT2D eigenvalue weighted by atomic mass is 79.9. The number of hydrogen-bond acceptors (Lipinski definition) is 5. The van der Waals surface area contributed by atoms with E-state index >= 15 is 0 Å². The van der Waals surface area contributed by atoms with Gasteiger partial charge in [0, 0.05) is 0 Å². The molecule has 18 heavy (non-hydrogen) atoms. The highest BCUT2D eigenvalue weighted by Crippen LogP contribution is 2.23. The smallest absolute Gasteiger partial charge is 0.273 e. The van der Waals surface area contributed by atoms with Crippen molar-refractivity contribution in [3.05, 3.63) is 33.6 Å². The van der Waals surface area contributed by atoms with Crippen molar-refractivity contribution in [1.29, 1.82) is 0 Å². The third kappa shape index (κ3) is 2.88. The van der Waals surface area contributed by atoms with E-state index in [0.717, 1.165) is 16.9 Å². The zero-order chi connectivity index (χ0) is 13.3. The Hall–Kier alpha value is -0.990. The van der Waals surface area contributed by atoms with Crippen LogP contribution in [0.3, 0.4) is 0 Å². The second kappa shape index (κ2) is 4.94. The van der Waals surface area contributed by atoms with Gasteiger partial charge in [0.05, 0.1) is 23.1 Å². The van der Waals surface area contributed by atoms with Crippen molar-refractivity contribution in [2.24, 2.45) is 0 Å². The Morgan fingerprint density at radius 3 is 2.56 bits per heavy atom. The molecule has 96 valence electrons. The van der Waals surface area contributed by atoms with Gasteiger partial charge in [-0.25, -0.2) is 18.4 Å². The molecule has 2 aromatic heterocycles. The molecule has 8 heteroatoms. The average molecular weight is 348 g/mol. The fourth-order valence-electron chi connectivity index (χ4n) is 1.29. The maximum atomic E-state index is 12.0. The maximum absolute atomic E-state index is 12.0. The molecule has 5 nitrogen and oxygen atoms in total. The summed E-state index contributed by atoms with van der Waals surface area (Å²) in [6.45, 7) is 3.60. The van der Waals surface area contributed by atoms with Crippen molar-refractivity contribution in [2.75, 3.05) is 4.72 Å². The second-order valence-electron chi connectivity index (χ2n) is 3.64. The Morgan fingerprint density at radius 1 is 1.28 bits per heavy atom. The lowest BCUT2D eigenvalue weighted by molar-refractivity contribution is 0.603. The third-order valence-corrected chi connectivity index (χ3v) is 5.72. The Balaban J connectivity index is 2.30. The number of halogens is 1. The average Bonchev–Trinajstić information content (AvgIpc) is 2.71. The van der Waals surface area contributed by atoms with Gasteiger partial charge in [-0.15, -0.1) is 11.3 Å². The van der Waals surface area contributed by atoms with Gasteiger partial charge in [-0.2, -0.15) is 0 Å². The van der Waals surface area contributed by atoms with Crippen LogP contribution < -0.4 is 4.72 Å². The SMILES string of the molecule is Cc1ncc(S(=O)(=O)Nc2cnc(Br)c(C)c2)s1. The lowest BCUT2D eigenvalue weighted by Gasteiger charge is -2.06. The summed E-state index contributed by atoms with van der Waals surface area (Å²) in [6, 6.07) is 1.71. The summed E-state index contributed by atoms with van der Waals surface area (Å²) >= 11 is 4.39. The Bertz CT molecular complexity index is 682. The molecule has 0 fully saturated rings. The first-order valence-electron chi connectivity index (χ1n) is 4.96. The first kappa shape index (κ1) is 13.4. The van der Waals surface area contributed by atoms with Gasteiger partial charge in [-0.1, -0.05) is 0 Å². The van der Waals surface area contributed by atoms with Gasteiger partial charge in [-0.05, 0) is 41.4 Å². The van der Waals surface area contributed by atoms with Gasteiger partial charge in [0.1, 0.15) is 4.60 Å². The summed E-state index contributed by atoms with van der Waals surface area (Å²) in [5.41, 5.74) is 1.29. The normalized spacial score (nSPS) is 11.5. The van der Waals surface area contributed by atoms with E-state index in [1.54, 1.807) is 13.0 Å². The van der Waals surface area contributed by atoms with Gasteiger partial charge < -0.3 is 0 Å². The van der Waals surface area contributed by atoms with Crippen LogP contribution in [0.1, 0.15) is 10.6 Å². The summed E-state index contributed by atoms with van der Waals surface area (Å²) in [5, 5.41) is 0.709. The van der Waals surface area contributed by atoms with Gasteiger partial charge in [-0.3, -0.25) is 4.72 Å². The molecule has 1 N–H and O–H groups in total. The molecule has 0 radical (unpaired) electrons. The summed E-state index contributed by atoms with van der Waals surface area (Å²) in [6.07, 6.45) is 2.81. The van der Waals surface area contributed by atoms with Crippen molar-refractivity contribution in [1.82, 2.24) is 9.97 Å². The molecule has 2 heterocycles. The molecule has 0 aliphatic carbocycles. The van der Waals surface area contributed by atoms with E-state index in [2.05, 4.69) is 30.6 Å². The van der Waals surface area contributed by atoms with E-state index in [0.29, 0.717) is 15.3 Å². The van der Waals surface area contributed by atoms with Crippen molar-refractivity contribution in [3.63, 3.8) is 0 Å². The quantitative estimate of drug-likeness (QED) is 0.866. The number of pyridine rings is 1. The summed E-state index contributed by atoms with van der Waals surface area (Å²) < 4.78 is 27.4. The summed E-state index contributed by atoms with van der Waals surface area (Å²) in [4.78, 5) is 7.97. The predicted molar refractivity (Wildman–Crippen MR) is 74.3 cm³/mol. The van der Waals surface area contributed by atoms with Crippen molar-refractivity contribution in [2.45, 2.75) is 18.1 Å². The van der Waals surface area contributed by atoms with Crippen LogP contribution >= 0.6 is 27.3 Å². The molecule has 0 aliphatic heterocycles. The number of sulfonamides is 1. The zero-order valence-electron chi connectivity index (χ0n) is 9.64. The third-order valence-electron chi connectivity index (χ3n) is 2.13. The number of nitrogens with one attached hydrogen (secondary N) is 1. The summed E-state index contributed by atoms with van der Waals surface area (Å²) in [5.74, 6) is 0. The van der Waals surface area contributed by atoms with Crippen LogP contribution in [-0.4, -0.2) is 18.4 Å². The Kier molecular flexibility index (Phi) is 3.69. The van der Waals surface area contributed by atoms with Crippen LogP contribution in [0.15, 0.2) is 27.3 Å². The highest BCUT2D eigenvalue weighted by molar-refractivity contribution is 9.10. The Morgan fingerprint density at radius 2 is 2.00 bits per heavy atom. The topological polar surface area (TPSA) is 72.0 Å². The van der Waals surface area contributed by atoms with E-state index in [9.17, 15) is 8.42 Å². The van der Waals surface area contributed by atoms with Gasteiger partial charge >= 0.3 is 0 Å². The largest absolute Gasteiger partial charge is 0.277 e. The lowest BCUT2D eigenvalue weighted by Crippen LogP contribution is -2.11. The highest BCUT2D eigenvalue weighted by Gasteiger charge is 2.17. The van der Waals surface area contributed by atoms with E-state index in [-0.39, 0.29) is 4.21 Å². The molecular formula is C10H10BrN3O2S2. The van der Waals surface area contributed by atoms with E-state index in [1.807, 2.05) is 6.92 Å². The molecule has 0 aliphatic rings. The minimum atomic E-state index is -3.57. The molecule has 0 saturated carbocycles. The molecule has 0 unspecified atom stereocenters. The number of hydrogen-bond donors (Lipinski definition) is 1. The lowest BCUT2D eigenvalue weighted by atomic mass is 10.3. The van der Waals surface area contributed by atoms with Crippen LogP contribution in [0.2, 0.25) is 0 Å². The van der Waals surface area contributed by atoms with Gasteiger partial charge in [0.25, 0.3) is 10.0 Å². The van der Waals surface area contributed by atoms with Crippen LogP contribution in [-0.2, 0) is 10.0 Å². The number of anilines is 1. The molecule has 0 aromatic carbocycles. The van der Waals surface area contributed by atoms with Gasteiger partial charge in [0.15, 0.2) is 4.21 Å². The van der Waals surface area contributed by atoms with Crippen LogP contribution in [0.4, 0.5) is 5.69 Å². The minimum Gasteiger partial charge on any atom is -0.277 e. The first-order valence-corrected chi connectivity index (χ1v) is 8.05. The monoisotopic (exact) mass is 347 g/mol. The fourth-order valence-corrected chi connectivity index (χ4v) is 3.64. The van der Waals surface area contributed by atoms with Crippen LogP contribution in [0.25, 0.3) is 0 Å². The van der Waals surface area contributed by atoms with Crippen LogP contribution in [0.5, 0.6) is 0 Å². The second-order valence-corrected chi connectivity index (χ2v) is 7.53. The van der Waals surface area contributed by atoms with E-state index in [1.165, 1.54) is 12.4 Å². The van der Waals surface area contributed by atoms with Crippen molar-refractivity contribution in [3.8, 4) is 0 Å². The van der Waals surface area contributed by atoms with Crippen LogP contribution in [0, 0.1) is 13.8 Å².